The van der Waals surface area contributed by atoms with E-state index in [1.165, 1.54) is 13.3 Å². The Morgan fingerprint density at radius 2 is 2.19 bits per heavy atom. The molecule has 1 N–H and O–H groups in total. The van der Waals surface area contributed by atoms with E-state index in [2.05, 4.69) is 15.0 Å². The number of aryl methyl sites for hydroxylation is 1. The monoisotopic (exact) mass is 225 g/mol. The van der Waals surface area contributed by atoms with Gasteiger partial charge in [-0.05, 0) is 6.92 Å². The van der Waals surface area contributed by atoms with Gasteiger partial charge in [-0.2, -0.15) is 0 Å². The number of hydrogen-bond acceptors (Lipinski definition) is 5. The zero-order valence-electron chi connectivity index (χ0n) is 9.09. The molecular weight excluding hydrogens is 214 g/mol. The van der Waals surface area contributed by atoms with Gasteiger partial charge in [0.05, 0.1) is 11.3 Å². The van der Waals surface area contributed by atoms with E-state index in [1.807, 2.05) is 0 Å². The first-order valence-corrected chi connectivity index (χ1v) is 4.37. The number of nitro groups is 1. The van der Waals surface area contributed by atoms with E-state index in [-0.39, 0.29) is 11.6 Å². The van der Waals surface area contributed by atoms with Crippen LogP contribution >= 0.6 is 0 Å². The molecule has 8 nitrogen and oxygen atoms in total. The van der Waals surface area contributed by atoms with Crippen LogP contribution in [0.5, 0.6) is 0 Å². The molecule has 0 unspecified atom stereocenters. The summed E-state index contributed by atoms with van der Waals surface area (Å²) in [5, 5.41) is 10.5. The molecule has 0 aliphatic heterocycles. The minimum absolute atomic E-state index is 0.0413. The van der Waals surface area contributed by atoms with Crippen molar-refractivity contribution in [2.45, 2.75) is 6.92 Å². The smallest absolute Gasteiger partial charge is 0.354 e. The fraction of sp³-hybridized carbons (Fsp3) is 0.375. The van der Waals surface area contributed by atoms with Crippen molar-refractivity contribution in [1.29, 1.82) is 0 Å². The summed E-state index contributed by atoms with van der Waals surface area (Å²) in [6.45, 7) is 1.39. The van der Waals surface area contributed by atoms with Gasteiger partial charge in [-0.15, -0.1) is 0 Å². The van der Waals surface area contributed by atoms with E-state index in [4.69, 9.17) is 0 Å². The third kappa shape index (κ3) is 2.62. The van der Waals surface area contributed by atoms with Crippen LogP contribution in [0.3, 0.4) is 0 Å². The van der Waals surface area contributed by atoms with Gasteiger partial charge in [-0.3, -0.25) is 19.9 Å². The molecule has 0 aliphatic rings. The molecule has 0 aromatic carbocycles. The molecule has 0 atom stereocenters. The first-order valence-electron chi connectivity index (χ1n) is 4.37. The van der Waals surface area contributed by atoms with Gasteiger partial charge in [0.25, 0.3) is 0 Å². The summed E-state index contributed by atoms with van der Waals surface area (Å²) in [4.78, 5) is 32.6. The lowest BCUT2D eigenvalue weighted by Crippen LogP contribution is -2.15. The number of nitrogens with zero attached hydrogens (tertiary/aromatic N) is 4. The van der Waals surface area contributed by atoms with Crippen LogP contribution in [-0.4, -0.2) is 40.2 Å². The lowest BCUT2D eigenvalue weighted by molar-refractivity contribution is -0.387. The summed E-state index contributed by atoms with van der Waals surface area (Å²) in [6.07, 6.45) is 1.43. The van der Waals surface area contributed by atoms with Crippen LogP contribution in [0.4, 0.5) is 11.6 Å². The van der Waals surface area contributed by atoms with Gasteiger partial charge >= 0.3 is 11.2 Å². The Kier molecular flexibility index (Phi) is 3.33. The maximum atomic E-state index is 11.3. The lowest BCUT2D eigenvalue weighted by atomic mass is 10.4. The molecule has 0 aliphatic carbocycles. The molecule has 1 aromatic rings. The van der Waals surface area contributed by atoms with Crippen molar-refractivity contribution in [3.63, 3.8) is 0 Å². The van der Waals surface area contributed by atoms with E-state index in [9.17, 15) is 14.9 Å². The second-order valence-corrected chi connectivity index (χ2v) is 3.29. The fourth-order valence-corrected chi connectivity index (χ4v) is 1.01. The highest BCUT2D eigenvalue weighted by Gasteiger charge is 2.18. The third-order valence-electron chi connectivity index (χ3n) is 1.65. The van der Waals surface area contributed by atoms with Crippen molar-refractivity contribution >= 4 is 18.0 Å². The van der Waals surface area contributed by atoms with E-state index in [0.29, 0.717) is 0 Å². The van der Waals surface area contributed by atoms with E-state index in [0.717, 1.165) is 0 Å². The molecule has 1 rings (SSSR count). The van der Waals surface area contributed by atoms with E-state index in [1.54, 1.807) is 19.0 Å². The number of rotatable bonds is 3. The summed E-state index contributed by atoms with van der Waals surface area (Å²) in [5.41, 5.74) is -1.31. The highest BCUT2D eigenvalue weighted by molar-refractivity contribution is 5.57. The molecule has 16 heavy (non-hydrogen) atoms. The minimum atomic E-state index is -0.802. The van der Waals surface area contributed by atoms with Crippen LogP contribution in [0.25, 0.3) is 0 Å². The van der Waals surface area contributed by atoms with Crippen LogP contribution < -0.4 is 5.56 Å². The Morgan fingerprint density at radius 3 is 2.62 bits per heavy atom. The summed E-state index contributed by atoms with van der Waals surface area (Å²) >= 11 is 0. The Hall–Kier alpha value is -2.25. The molecule has 0 saturated heterocycles. The SMILES string of the molecule is Cc1nc(/N=C/N(C)C)[nH]c(=O)c1[N+](=O)[O-]. The Bertz CT molecular complexity index is 491. The van der Waals surface area contributed by atoms with Crippen molar-refractivity contribution in [2.24, 2.45) is 4.99 Å². The first-order chi connectivity index (χ1) is 7.41. The topological polar surface area (TPSA) is 104 Å². The van der Waals surface area contributed by atoms with Crippen LogP contribution in [0.1, 0.15) is 5.69 Å². The lowest BCUT2D eigenvalue weighted by Gasteiger charge is -2.02. The summed E-state index contributed by atoms with van der Waals surface area (Å²) in [5.74, 6) is 0.0433. The normalized spacial score (nSPS) is 10.7. The first kappa shape index (κ1) is 11.8. The molecule has 1 heterocycles. The molecule has 1 aromatic heterocycles. The van der Waals surface area contributed by atoms with Gasteiger partial charge in [0.2, 0.25) is 5.95 Å². The second kappa shape index (κ2) is 4.51. The van der Waals surface area contributed by atoms with Crippen molar-refractivity contribution in [3.05, 3.63) is 26.2 Å². The van der Waals surface area contributed by atoms with Crippen LogP contribution in [0.15, 0.2) is 9.79 Å². The van der Waals surface area contributed by atoms with Crippen molar-refractivity contribution in [1.82, 2.24) is 14.9 Å². The van der Waals surface area contributed by atoms with Crippen molar-refractivity contribution in [3.8, 4) is 0 Å². The maximum absolute atomic E-state index is 11.3. The summed E-state index contributed by atoms with van der Waals surface area (Å²) in [7, 11) is 3.50. The number of aromatic nitrogens is 2. The third-order valence-corrected chi connectivity index (χ3v) is 1.65. The molecule has 0 saturated carbocycles. The van der Waals surface area contributed by atoms with Gasteiger partial charge in [0.15, 0.2) is 0 Å². The quantitative estimate of drug-likeness (QED) is 0.342. The van der Waals surface area contributed by atoms with Crippen molar-refractivity contribution < 1.29 is 4.92 Å². The summed E-state index contributed by atoms with van der Waals surface area (Å²) < 4.78 is 0. The van der Waals surface area contributed by atoms with Crippen LogP contribution in [0, 0.1) is 17.0 Å². The zero-order chi connectivity index (χ0) is 12.3. The number of H-pyrrole nitrogens is 1. The molecule has 0 bridgehead atoms. The van der Waals surface area contributed by atoms with E-state index < -0.39 is 16.2 Å². The highest BCUT2D eigenvalue weighted by atomic mass is 16.6. The maximum Gasteiger partial charge on any atom is 0.354 e. The number of aromatic amines is 1. The Balaban J connectivity index is 3.20. The molecule has 0 amide bonds. The average molecular weight is 225 g/mol. The van der Waals surface area contributed by atoms with E-state index >= 15 is 0 Å². The molecular formula is C8H11N5O3. The van der Waals surface area contributed by atoms with Gasteiger partial charge < -0.3 is 4.90 Å². The summed E-state index contributed by atoms with van der Waals surface area (Å²) in [6, 6.07) is 0. The Labute approximate surface area is 90.8 Å². The van der Waals surface area contributed by atoms with Gasteiger partial charge in [0.1, 0.15) is 5.69 Å². The Morgan fingerprint density at radius 1 is 1.56 bits per heavy atom. The minimum Gasteiger partial charge on any atom is -0.369 e. The standard InChI is InChI=1S/C8H11N5O3/c1-5-6(13(15)16)7(14)11-8(10-5)9-4-12(2)3/h4H,1-3H3,(H,10,11,14)/b9-4+. The van der Waals surface area contributed by atoms with Crippen molar-refractivity contribution in [2.75, 3.05) is 14.1 Å². The molecule has 0 fully saturated rings. The molecule has 0 spiro atoms. The predicted molar refractivity (Wildman–Crippen MR) is 58.1 cm³/mol. The number of hydrogen-bond donors (Lipinski definition) is 1. The van der Waals surface area contributed by atoms with Crippen LogP contribution in [-0.2, 0) is 0 Å². The predicted octanol–water partition coefficient (Wildman–Crippen LogP) is 0.208. The van der Waals surface area contributed by atoms with Gasteiger partial charge in [-0.1, -0.05) is 0 Å². The molecule has 86 valence electrons. The number of nitrogens with one attached hydrogen (secondary N) is 1. The van der Waals surface area contributed by atoms with Gasteiger partial charge in [0, 0.05) is 14.1 Å². The van der Waals surface area contributed by atoms with Crippen LogP contribution in [0.2, 0.25) is 0 Å². The fourth-order valence-electron chi connectivity index (χ4n) is 1.01. The zero-order valence-corrected chi connectivity index (χ0v) is 9.09. The second-order valence-electron chi connectivity index (χ2n) is 3.29. The molecule has 8 heteroatoms. The number of aliphatic imine (C=N–C) groups is 1. The average Bonchev–Trinajstić information content (AvgIpc) is 2.12. The largest absolute Gasteiger partial charge is 0.369 e. The highest BCUT2D eigenvalue weighted by Crippen LogP contribution is 2.11. The molecule has 0 radical (unpaired) electrons. The van der Waals surface area contributed by atoms with Gasteiger partial charge in [-0.25, -0.2) is 9.98 Å².